The lowest BCUT2D eigenvalue weighted by Crippen LogP contribution is -2.26. The molecule has 0 amide bonds. The van der Waals surface area contributed by atoms with E-state index in [-0.39, 0.29) is 29.3 Å². The second kappa shape index (κ2) is 6.74. The largest absolute Gasteiger partial charge is 0.394 e. The van der Waals surface area contributed by atoms with Gasteiger partial charge in [0, 0.05) is 0 Å². The molecule has 2 aromatic rings. The van der Waals surface area contributed by atoms with Crippen molar-refractivity contribution in [2.75, 3.05) is 11.9 Å². The fourth-order valence-corrected chi connectivity index (χ4v) is 2.21. The Morgan fingerprint density at radius 1 is 1.33 bits per heavy atom. The molecular formula is C15H18ClN3O2. The molecule has 0 saturated carbocycles. The van der Waals surface area contributed by atoms with E-state index in [2.05, 4.69) is 10.4 Å². The van der Waals surface area contributed by atoms with Crippen LogP contribution in [0.5, 0.6) is 0 Å². The normalized spacial score (nSPS) is 12.4. The molecule has 0 saturated heterocycles. The molecule has 0 aliphatic carbocycles. The summed E-state index contributed by atoms with van der Waals surface area (Å²) >= 11 is 6.11. The summed E-state index contributed by atoms with van der Waals surface area (Å²) in [6, 6.07) is 9.05. The maximum atomic E-state index is 12.1. The van der Waals surface area contributed by atoms with Crippen LogP contribution in [0.15, 0.2) is 41.3 Å². The van der Waals surface area contributed by atoms with Crippen molar-refractivity contribution in [3.05, 3.63) is 57.5 Å². The summed E-state index contributed by atoms with van der Waals surface area (Å²) in [5.74, 6) is 0. The van der Waals surface area contributed by atoms with E-state index in [1.54, 1.807) is 0 Å². The summed E-state index contributed by atoms with van der Waals surface area (Å²) in [6.07, 6.45) is 1.51. The Morgan fingerprint density at radius 2 is 2.00 bits per heavy atom. The summed E-state index contributed by atoms with van der Waals surface area (Å²) in [7, 11) is 0. The smallest absolute Gasteiger partial charge is 0.287 e. The molecule has 0 aliphatic heterocycles. The van der Waals surface area contributed by atoms with Gasteiger partial charge in [0.1, 0.15) is 5.02 Å². The van der Waals surface area contributed by atoms with Gasteiger partial charge in [0.25, 0.3) is 5.56 Å². The zero-order valence-corrected chi connectivity index (χ0v) is 12.7. The van der Waals surface area contributed by atoms with E-state index in [0.717, 1.165) is 5.56 Å². The minimum absolute atomic E-state index is 0.0631. The maximum absolute atomic E-state index is 12.1. The van der Waals surface area contributed by atoms with Crippen LogP contribution in [0.2, 0.25) is 5.02 Å². The molecule has 0 bridgehead atoms. The van der Waals surface area contributed by atoms with E-state index in [1.807, 2.05) is 44.2 Å². The number of nitrogens with zero attached hydrogens (tertiary/aromatic N) is 2. The first-order valence-corrected chi connectivity index (χ1v) is 7.12. The number of aliphatic hydroxyl groups is 1. The average Bonchev–Trinajstić information content (AvgIpc) is 2.49. The van der Waals surface area contributed by atoms with E-state index in [0.29, 0.717) is 5.69 Å². The highest BCUT2D eigenvalue weighted by atomic mass is 35.5. The van der Waals surface area contributed by atoms with Crippen LogP contribution in [0.3, 0.4) is 0 Å². The molecule has 0 radical (unpaired) electrons. The number of rotatable bonds is 5. The Morgan fingerprint density at radius 3 is 2.57 bits per heavy atom. The van der Waals surface area contributed by atoms with Crippen molar-refractivity contribution in [1.29, 1.82) is 0 Å². The molecule has 0 aliphatic rings. The number of anilines is 1. The third-order valence-corrected chi connectivity index (χ3v) is 3.51. The Kier molecular flexibility index (Phi) is 4.98. The SMILES string of the molecule is CC(C)n1ncc(NC(CO)c2ccccc2)c(Cl)c1=O. The molecule has 1 unspecified atom stereocenters. The topological polar surface area (TPSA) is 67.2 Å². The van der Waals surface area contributed by atoms with Gasteiger partial charge in [0.2, 0.25) is 0 Å². The van der Waals surface area contributed by atoms with E-state index >= 15 is 0 Å². The number of benzene rings is 1. The van der Waals surface area contributed by atoms with Crippen LogP contribution >= 0.6 is 11.6 Å². The first-order valence-electron chi connectivity index (χ1n) is 6.74. The molecule has 1 aromatic heterocycles. The van der Waals surface area contributed by atoms with Gasteiger partial charge in [-0.15, -0.1) is 0 Å². The van der Waals surface area contributed by atoms with Gasteiger partial charge in [-0.1, -0.05) is 41.9 Å². The van der Waals surface area contributed by atoms with Crippen LogP contribution in [-0.2, 0) is 0 Å². The van der Waals surface area contributed by atoms with E-state index in [9.17, 15) is 9.90 Å². The summed E-state index contributed by atoms with van der Waals surface area (Å²) in [5.41, 5.74) is 0.979. The minimum atomic E-state index is -0.347. The molecule has 1 atom stereocenters. The van der Waals surface area contributed by atoms with Gasteiger partial charge in [-0.2, -0.15) is 5.10 Å². The van der Waals surface area contributed by atoms with Crippen LogP contribution in [0.25, 0.3) is 0 Å². The van der Waals surface area contributed by atoms with Gasteiger partial charge in [-0.25, -0.2) is 4.68 Å². The fraction of sp³-hybridized carbons (Fsp3) is 0.333. The Labute approximate surface area is 128 Å². The molecule has 112 valence electrons. The number of hydrogen-bond donors (Lipinski definition) is 2. The molecule has 21 heavy (non-hydrogen) atoms. The molecule has 1 aromatic carbocycles. The lowest BCUT2D eigenvalue weighted by atomic mass is 10.1. The van der Waals surface area contributed by atoms with E-state index in [1.165, 1.54) is 10.9 Å². The first kappa shape index (κ1) is 15.5. The summed E-state index contributed by atoms with van der Waals surface area (Å²) in [6.45, 7) is 3.60. The van der Waals surface area contributed by atoms with Crippen molar-refractivity contribution in [3.8, 4) is 0 Å². The van der Waals surface area contributed by atoms with E-state index < -0.39 is 0 Å². The number of aromatic nitrogens is 2. The van der Waals surface area contributed by atoms with Crippen molar-refractivity contribution in [3.63, 3.8) is 0 Å². The third kappa shape index (κ3) is 3.43. The zero-order chi connectivity index (χ0) is 15.4. The van der Waals surface area contributed by atoms with Gasteiger partial charge in [-0.3, -0.25) is 4.79 Å². The highest BCUT2D eigenvalue weighted by Gasteiger charge is 2.15. The summed E-state index contributed by atoms with van der Waals surface area (Å²) in [4.78, 5) is 12.1. The van der Waals surface area contributed by atoms with Crippen LogP contribution in [-0.4, -0.2) is 21.5 Å². The monoisotopic (exact) mass is 307 g/mol. The fourth-order valence-electron chi connectivity index (χ4n) is 2.02. The maximum Gasteiger partial charge on any atom is 0.287 e. The molecule has 0 fully saturated rings. The van der Waals surface area contributed by atoms with Crippen LogP contribution in [0.4, 0.5) is 5.69 Å². The van der Waals surface area contributed by atoms with Crippen molar-refractivity contribution in [2.24, 2.45) is 0 Å². The van der Waals surface area contributed by atoms with E-state index in [4.69, 9.17) is 11.6 Å². The van der Waals surface area contributed by atoms with Crippen LogP contribution < -0.4 is 10.9 Å². The molecular weight excluding hydrogens is 290 g/mol. The summed E-state index contributed by atoms with van der Waals surface area (Å²) in [5, 5.41) is 16.8. The van der Waals surface area contributed by atoms with Gasteiger partial charge in [0.15, 0.2) is 0 Å². The molecule has 0 spiro atoms. The highest BCUT2D eigenvalue weighted by molar-refractivity contribution is 6.32. The first-order chi connectivity index (χ1) is 10.0. The third-order valence-electron chi connectivity index (χ3n) is 3.15. The summed E-state index contributed by atoms with van der Waals surface area (Å²) < 4.78 is 1.32. The van der Waals surface area contributed by atoms with Crippen LogP contribution in [0.1, 0.15) is 31.5 Å². The van der Waals surface area contributed by atoms with Crippen molar-refractivity contribution in [1.82, 2.24) is 9.78 Å². The molecule has 2 N–H and O–H groups in total. The number of halogens is 1. The van der Waals surface area contributed by atoms with Crippen molar-refractivity contribution in [2.45, 2.75) is 25.9 Å². The quantitative estimate of drug-likeness (QED) is 0.891. The second-order valence-corrected chi connectivity index (χ2v) is 5.38. The Bertz CT molecular complexity index is 656. The number of aliphatic hydroxyl groups excluding tert-OH is 1. The predicted octanol–water partition coefficient (Wildman–Crippen LogP) is 2.62. The van der Waals surface area contributed by atoms with Crippen molar-refractivity contribution >= 4 is 17.3 Å². The van der Waals surface area contributed by atoms with Gasteiger partial charge >= 0.3 is 0 Å². The van der Waals surface area contributed by atoms with Gasteiger partial charge in [-0.05, 0) is 19.4 Å². The second-order valence-electron chi connectivity index (χ2n) is 5.01. The lowest BCUT2D eigenvalue weighted by Gasteiger charge is -2.19. The lowest BCUT2D eigenvalue weighted by molar-refractivity contribution is 0.276. The average molecular weight is 308 g/mol. The molecule has 1 heterocycles. The standard InChI is InChI=1S/C15H18ClN3O2/c1-10(2)19-15(21)14(16)12(8-17-19)18-13(9-20)11-6-4-3-5-7-11/h3-8,10,13,18,20H,9H2,1-2H3. The number of nitrogens with one attached hydrogen (secondary N) is 1. The molecule has 5 nitrogen and oxygen atoms in total. The predicted molar refractivity (Wildman–Crippen MR) is 83.8 cm³/mol. The van der Waals surface area contributed by atoms with Crippen LogP contribution in [0, 0.1) is 0 Å². The zero-order valence-electron chi connectivity index (χ0n) is 12.0. The van der Waals surface area contributed by atoms with Gasteiger partial charge in [0.05, 0.1) is 30.6 Å². The Balaban J connectivity index is 2.31. The minimum Gasteiger partial charge on any atom is -0.394 e. The van der Waals surface area contributed by atoms with Crippen molar-refractivity contribution < 1.29 is 5.11 Å². The molecule has 6 heteroatoms. The Hall–Kier alpha value is -1.85. The van der Waals surface area contributed by atoms with Gasteiger partial charge < -0.3 is 10.4 Å². The number of hydrogen-bond acceptors (Lipinski definition) is 4. The highest BCUT2D eigenvalue weighted by Crippen LogP contribution is 2.23. The molecule has 2 rings (SSSR count).